The van der Waals surface area contributed by atoms with Gasteiger partial charge < -0.3 is 16.0 Å². The van der Waals surface area contributed by atoms with Crippen LogP contribution in [0.25, 0.3) is 5.65 Å². The second-order valence-electron chi connectivity index (χ2n) is 8.96. The molecule has 1 spiro atoms. The molecule has 2 aromatic heterocycles. The van der Waals surface area contributed by atoms with Crippen molar-refractivity contribution in [2.24, 2.45) is 11.1 Å². The molecule has 2 aliphatic heterocycles. The first kappa shape index (κ1) is 19.8. The van der Waals surface area contributed by atoms with E-state index < -0.39 is 11.7 Å². The Hall–Kier alpha value is -2.91. The second kappa shape index (κ2) is 7.31. The number of ketones is 1. The summed E-state index contributed by atoms with van der Waals surface area (Å²) in [4.78, 5) is 37.4. The molecule has 3 aliphatic rings. The molecule has 6 rings (SSSR count). The monoisotopic (exact) mass is 448 g/mol. The van der Waals surface area contributed by atoms with Crippen molar-refractivity contribution in [2.75, 3.05) is 23.3 Å². The van der Waals surface area contributed by atoms with Gasteiger partial charge >= 0.3 is 0 Å². The van der Waals surface area contributed by atoms with Gasteiger partial charge in [0.2, 0.25) is 5.95 Å². The lowest BCUT2D eigenvalue weighted by Gasteiger charge is -2.42. The number of aromatic nitrogens is 3. The maximum Gasteiger partial charge on any atom is 0.296 e. The van der Waals surface area contributed by atoms with Crippen LogP contribution >= 0.6 is 11.8 Å². The highest BCUT2D eigenvalue weighted by atomic mass is 32.2. The Labute approximate surface area is 189 Å². The average molecular weight is 449 g/mol. The Morgan fingerprint density at radius 2 is 1.97 bits per heavy atom. The SMILES string of the molecule is N[C@@H]1CCCC12CCN(c1ncc(Sc3cccc4c3C(=O)C(=O)N4)c3nccn13)CC2. The third kappa shape index (κ3) is 2.95. The molecule has 1 saturated carbocycles. The fourth-order valence-corrected chi connectivity index (χ4v) is 6.53. The summed E-state index contributed by atoms with van der Waals surface area (Å²) in [5.74, 6) is -0.203. The lowest BCUT2D eigenvalue weighted by atomic mass is 9.74. The number of benzene rings is 1. The molecule has 164 valence electrons. The molecule has 4 heterocycles. The molecule has 0 radical (unpaired) electrons. The summed E-state index contributed by atoms with van der Waals surface area (Å²) in [6, 6.07) is 5.75. The number of nitrogens with zero attached hydrogens (tertiary/aromatic N) is 4. The van der Waals surface area contributed by atoms with Gasteiger partial charge in [-0.2, -0.15) is 0 Å². The van der Waals surface area contributed by atoms with Crippen LogP contribution < -0.4 is 16.0 Å². The molecule has 0 unspecified atom stereocenters. The van der Waals surface area contributed by atoms with E-state index in [1.807, 2.05) is 28.9 Å². The Kier molecular flexibility index (Phi) is 4.51. The number of amides is 1. The Morgan fingerprint density at radius 3 is 2.75 bits per heavy atom. The van der Waals surface area contributed by atoms with Crippen LogP contribution in [0.4, 0.5) is 11.6 Å². The fourth-order valence-electron chi connectivity index (χ4n) is 5.49. The molecule has 2 fully saturated rings. The molecular formula is C23H24N6O2S. The molecule has 8 nitrogen and oxygen atoms in total. The normalized spacial score (nSPS) is 22.0. The first-order valence-corrected chi connectivity index (χ1v) is 11.9. The summed E-state index contributed by atoms with van der Waals surface area (Å²) in [6.07, 6.45) is 11.3. The van der Waals surface area contributed by atoms with Gasteiger partial charge in [-0.15, -0.1) is 0 Å². The predicted molar refractivity (Wildman–Crippen MR) is 122 cm³/mol. The molecule has 1 saturated heterocycles. The highest BCUT2D eigenvalue weighted by molar-refractivity contribution is 7.99. The summed E-state index contributed by atoms with van der Waals surface area (Å²) < 4.78 is 2.02. The molecule has 1 atom stereocenters. The Morgan fingerprint density at radius 1 is 1.12 bits per heavy atom. The minimum atomic E-state index is -0.586. The maximum absolute atomic E-state index is 12.3. The Bertz CT molecular complexity index is 1250. The van der Waals surface area contributed by atoms with Gasteiger partial charge in [-0.05, 0) is 43.2 Å². The van der Waals surface area contributed by atoms with Crippen molar-refractivity contribution >= 4 is 40.7 Å². The number of carbonyl (C=O) groups excluding carboxylic acids is 2. The minimum Gasteiger partial charge on any atom is -0.342 e. The number of imidazole rings is 1. The van der Waals surface area contributed by atoms with Crippen molar-refractivity contribution in [3.05, 3.63) is 42.4 Å². The molecule has 1 amide bonds. The van der Waals surface area contributed by atoms with E-state index >= 15 is 0 Å². The van der Waals surface area contributed by atoms with E-state index in [1.165, 1.54) is 24.6 Å². The zero-order valence-electron chi connectivity index (χ0n) is 17.6. The maximum atomic E-state index is 12.3. The standard InChI is InChI=1S/C23H24N6O2S/c24-17-5-2-6-23(17)7-10-28(11-8-23)22-26-13-16(20-25-9-12-29(20)22)32-15-4-1-3-14-18(15)19(30)21(31)27-14/h1,3-4,9,12-13,17H,2,5-8,10-11,24H2,(H,27,30,31)/t17-/m1/s1. The number of Topliss-reactive ketones (excluding diaryl/α,β-unsaturated/α-hetero) is 1. The molecule has 0 bridgehead atoms. The zero-order valence-corrected chi connectivity index (χ0v) is 18.4. The van der Waals surface area contributed by atoms with Crippen LogP contribution in [0.1, 0.15) is 42.5 Å². The van der Waals surface area contributed by atoms with Crippen LogP contribution in [0, 0.1) is 5.41 Å². The number of piperidine rings is 1. The predicted octanol–water partition coefficient (Wildman–Crippen LogP) is 3.11. The van der Waals surface area contributed by atoms with Crippen molar-refractivity contribution < 1.29 is 9.59 Å². The van der Waals surface area contributed by atoms with E-state index in [2.05, 4.69) is 15.2 Å². The van der Waals surface area contributed by atoms with E-state index in [0.717, 1.165) is 53.7 Å². The van der Waals surface area contributed by atoms with Gasteiger partial charge in [0.25, 0.3) is 11.7 Å². The first-order chi connectivity index (χ1) is 15.6. The second-order valence-corrected chi connectivity index (χ2v) is 10.0. The number of nitrogens with one attached hydrogen (secondary N) is 1. The van der Waals surface area contributed by atoms with E-state index in [4.69, 9.17) is 10.7 Å². The minimum absolute atomic E-state index is 0.298. The molecule has 1 aromatic carbocycles. The van der Waals surface area contributed by atoms with Gasteiger partial charge in [0.05, 0.1) is 16.1 Å². The van der Waals surface area contributed by atoms with Crippen LogP contribution in [-0.4, -0.2) is 45.2 Å². The van der Waals surface area contributed by atoms with E-state index in [1.54, 1.807) is 12.3 Å². The van der Waals surface area contributed by atoms with Crippen molar-refractivity contribution in [1.29, 1.82) is 0 Å². The van der Waals surface area contributed by atoms with Gasteiger partial charge in [0.15, 0.2) is 5.65 Å². The van der Waals surface area contributed by atoms with Gasteiger partial charge in [-0.3, -0.25) is 14.0 Å². The van der Waals surface area contributed by atoms with Crippen LogP contribution in [0.5, 0.6) is 0 Å². The largest absolute Gasteiger partial charge is 0.342 e. The van der Waals surface area contributed by atoms with Crippen molar-refractivity contribution in [1.82, 2.24) is 14.4 Å². The number of rotatable bonds is 3. The summed E-state index contributed by atoms with van der Waals surface area (Å²) in [6.45, 7) is 1.88. The fraction of sp³-hybridized carbons (Fsp3) is 0.391. The third-order valence-corrected chi connectivity index (χ3v) is 8.39. The lowest BCUT2D eigenvalue weighted by Crippen LogP contribution is -2.47. The summed E-state index contributed by atoms with van der Waals surface area (Å²) >= 11 is 1.41. The van der Waals surface area contributed by atoms with Crippen LogP contribution in [0.2, 0.25) is 0 Å². The van der Waals surface area contributed by atoms with Crippen LogP contribution in [0.3, 0.4) is 0 Å². The van der Waals surface area contributed by atoms with E-state index in [-0.39, 0.29) is 0 Å². The molecule has 3 N–H and O–H groups in total. The third-order valence-electron chi connectivity index (χ3n) is 7.32. The molecule has 32 heavy (non-hydrogen) atoms. The molecule has 9 heteroatoms. The summed E-state index contributed by atoms with van der Waals surface area (Å²) in [5, 5.41) is 2.63. The Balaban J connectivity index is 1.30. The number of nitrogens with two attached hydrogens (primary N) is 1. The topological polar surface area (TPSA) is 106 Å². The van der Waals surface area contributed by atoms with Gasteiger partial charge in [0.1, 0.15) is 0 Å². The van der Waals surface area contributed by atoms with Crippen LogP contribution in [0.15, 0.2) is 46.6 Å². The number of hydrogen-bond donors (Lipinski definition) is 2. The zero-order chi connectivity index (χ0) is 21.9. The first-order valence-electron chi connectivity index (χ1n) is 11.0. The number of hydrogen-bond acceptors (Lipinski definition) is 7. The summed E-state index contributed by atoms with van der Waals surface area (Å²) in [7, 11) is 0. The molecular weight excluding hydrogens is 424 g/mol. The van der Waals surface area contributed by atoms with Crippen molar-refractivity contribution in [3.8, 4) is 0 Å². The van der Waals surface area contributed by atoms with Gasteiger partial charge in [0, 0.05) is 42.6 Å². The number of carbonyl (C=O) groups is 2. The number of fused-ring (bicyclic) bond motifs is 2. The van der Waals surface area contributed by atoms with Crippen molar-refractivity contribution in [2.45, 2.75) is 47.9 Å². The quantitative estimate of drug-likeness (QED) is 0.593. The average Bonchev–Trinajstić information content (AvgIpc) is 3.49. The highest BCUT2D eigenvalue weighted by Gasteiger charge is 2.43. The van der Waals surface area contributed by atoms with Gasteiger partial charge in [-0.1, -0.05) is 24.2 Å². The van der Waals surface area contributed by atoms with E-state index in [9.17, 15) is 9.59 Å². The molecule has 1 aliphatic carbocycles. The lowest BCUT2D eigenvalue weighted by molar-refractivity contribution is -0.112. The molecule has 3 aromatic rings. The van der Waals surface area contributed by atoms with E-state index in [0.29, 0.717) is 22.7 Å². The van der Waals surface area contributed by atoms with Gasteiger partial charge in [-0.25, -0.2) is 9.97 Å². The number of anilines is 2. The summed E-state index contributed by atoms with van der Waals surface area (Å²) in [5.41, 5.74) is 8.52. The smallest absolute Gasteiger partial charge is 0.296 e. The van der Waals surface area contributed by atoms with Crippen LogP contribution in [-0.2, 0) is 4.79 Å². The highest BCUT2D eigenvalue weighted by Crippen LogP contribution is 2.46. The van der Waals surface area contributed by atoms with Crippen molar-refractivity contribution in [3.63, 3.8) is 0 Å².